The number of thiazole rings is 1. The highest BCUT2D eigenvalue weighted by Gasteiger charge is 2.23. The van der Waals surface area contributed by atoms with E-state index in [0.717, 1.165) is 36.5 Å². The van der Waals surface area contributed by atoms with Gasteiger partial charge in [0.15, 0.2) is 4.47 Å². The Bertz CT molecular complexity index is 729. The van der Waals surface area contributed by atoms with Crippen LogP contribution in [0.3, 0.4) is 0 Å². The summed E-state index contributed by atoms with van der Waals surface area (Å²) in [6, 6.07) is 5.34. The van der Waals surface area contributed by atoms with Gasteiger partial charge in [-0.1, -0.05) is 18.5 Å². The molecule has 0 spiro atoms. The van der Waals surface area contributed by atoms with Crippen molar-refractivity contribution in [1.82, 2.24) is 4.98 Å². The molecule has 0 aliphatic carbocycles. The molecule has 1 aliphatic heterocycles. The summed E-state index contributed by atoms with van der Waals surface area (Å²) in [5, 5.41) is 14.7. The van der Waals surface area contributed by atoms with E-state index in [0.29, 0.717) is 22.6 Å². The van der Waals surface area contributed by atoms with Crippen LogP contribution in [0.25, 0.3) is 0 Å². The number of hydrogen-bond donors (Lipinski definition) is 1. The molecule has 1 aromatic heterocycles. The van der Waals surface area contributed by atoms with E-state index in [1.165, 1.54) is 11.3 Å². The van der Waals surface area contributed by atoms with Gasteiger partial charge in [0.05, 0.1) is 11.5 Å². The number of nitro benzene ring substituents is 1. The van der Waals surface area contributed by atoms with Gasteiger partial charge in [-0.05, 0) is 30.9 Å². The van der Waals surface area contributed by atoms with Crippen LogP contribution in [0.1, 0.15) is 24.6 Å². The molecule has 128 valence electrons. The third-order valence-electron chi connectivity index (χ3n) is 4.29. The van der Waals surface area contributed by atoms with Gasteiger partial charge in [0.2, 0.25) is 0 Å². The molecule has 1 saturated heterocycles. The number of piperidine rings is 1. The Balaban J connectivity index is 1.75. The zero-order chi connectivity index (χ0) is 17.1. The molecule has 6 nitrogen and oxygen atoms in total. The highest BCUT2D eigenvalue weighted by molar-refractivity contribution is 7.15. The molecule has 0 bridgehead atoms. The van der Waals surface area contributed by atoms with Crippen LogP contribution in [0.5, 0.6) is 0 Å². The quantitative estimate of drug-likeness (QED) is 0.620. The first kappa shape index (κ1) is 17.0. The van der Waals surface area contributed by atoms with Crippen LogP contribution in [-0.4, -0.2) is 23.0 Å². The van der Waals surface area contributed by atoms with Gasteiger partial charge >= 0.3 is 0 Å². The van der Waals surface area contributed by atoms with Crippen molar-refractivity contribution in [2.45, 2.75) is 26.3 Å². The summed E-state index contributed by atoms with van der Waals surface area (Å²) in [5.41, 5.74) is 1.58. The number of nitro groups is 1. The van der Waals surface area contributed by atoms with Crippen molar-refractivity contribution in [2.24, 2.45) is 5.92 Å². The lowest BCUT2D eigenvalue weighted by Gasteiger charge is -2.31. The monoisotopic (exact) mass is 366 g/mol. The molecule has 0 amide bonds. The minimum Gasteiger partial charge on any atom is -0.380 e. The van der Waals surface area contributed by atoms with E-state index in [1.54, 1.807) is 12.3 Å². The first-order valence-electron chi connectivity index (χ1n) is 7.90. The number of nitrogens with zero attached hydrogens (tertiary/aromatic N) is 3. The number of halogens is 1. The third kappa shape index (κ3) is 3.96. The predicted octanol–water partition coefficient (Wildman–Crippen LogP) is 4.55. The molecular weight excluding hydrogens is 348 g/mol. The largest absolute Gasteiger partial charge is 0.380 e. The maximum Gasteiger partial charge on any atom is 0.294 e. The molecular formula is C16H19ClN4O2S. The Morgan fingerprint density at radius 3 is 2.83 bits per heavy atom. The molecule has 2 aromatic rings. The minimum atomic E-state index is -0.303. The van der Waals surface area contributed by atoms with Crippen molar-refractivity contribution < 1.29 is 4.92 Å². The van der Waals surface area contributed by atoms with E-state index >= 15 is 0 Å². The van der Waals surface area contributed by atoms with Crippen molar-refractivity contribution in [3.05, 3.63) is 43.9 Å². The van der Waals surface area contributed by atoms with Gasteiger partial charge in [0, 0.05) is 35.9 Å². The molecule has 0 atom stereocenters. The fraction of sp³-hybridized carbons (Fsp3) is 0.438. The Labute approximate surface area is 149 Å². The summed E-state index contributed by atoms with van der Waals surface area (Å²) in [6.45, 7) is 4.51. The number of rotatable bonds is 5. The first-order chi connectivity index (χ1) is 11.5. The fourth-order valence-electron chi connectivity index (χ4n) is 2.85. The van der Waals surface area contributed by atoms with Crippen LogP contribution in [0, 0.1) is 16.0 Å². The fourth-order valence-corrected chi connectivity index (χ4v) is 3.77. The Hall–Kier alpha value is -1.86. The molecule has 0 radical (unpaired) electrons. The van der Waals surface area contributed by atoms with Crippen molar-refractivity contribution in [1.29, 1.82) is 0 Å². The number of nitrogens with one attached hydrogen (secondary N) is 1. The van der Waals surface area contributed by atoms with Crippen molar-refractivity contribution in [2.75, 3.05) is 23.3 Å². The van der Waals surface area contributed by atoms with E-state index in [9.17, 15) is 10.1 Å². The summed E-state index contributed by atoms with van der Waals surface area (Å²) in [5.74, 6) is 0.687. The molecule has 1 fully saturated rings. The normalized spacial score (nSPS) is 15.5. The second kappa shape index (κ2) is 7.36. The second-order valence-electron chi connectivity index (χ2n) is 6.06. The highest BCUT2D eigenvalue weighted by Crippen LogP contribution is 2.34. The summed E-state index contributed by atoms with van der Waals surface area (Å²) >= 11 is 7.20. The van der Waals surface area contributed by atoms with Gasteiger partial charge in [-0.3, -0.25) is 10.1 Å². The average molecular weight is 367 g/mol. The summed E-state index contributed by atoms with van der Waals surface area (Å²) in [4.78, 5) is 18.3. The van der Waals surface area contributed by atoms with E-state index in [-0.39, 0.29) is 10.6 Å². The van der Waals surface area contributed by atoms with E-state index in [2.05, 4.69) is 22.1 Å². The van der Waals surface area contributed by atoms with Crippen molar-refractivity contribution in [3.8, 4) is 0 Å². The number of anilines is 2. The molecule has 24 heavy (non-hydrogen) atoms. The average Bonchev–Trinajstić information content (AvgIpc) is 2.99. The molecule has 1 aliphatic rings. The Morgan fingerprint density at radius 1 is 1.46 bits per heavy atom. The lowest BCUT2D eigenvalue weighted by molar-refractivity contribution is -0.384. The summed E-state index contributed by atoms with van der Waals surface area (Å²) < 4.78 is 0.493. The van der Waals surface area contributed by atoms with Crippen LogP contribution in [0.15, 0.2) is 24.4 Å². The smallest absolute Gasteiger partial charge is 0.294 e. The molecule has 0 unspecified atom stereocenters. The van der Waals surface area contributed by atoms with Crippen molar-refractivity contribution >= 4 is 40.0 Å². The first-order valence-corrected chi connectivity index (χ1v) is 9.10. The van der Waals surface area contributed by atoms with Gasteiger partial charge < -0.3 is 10.2 Å². The molecule has 8 heteroatoms. The Kier molecular flexibility index (Phi) is 5.20. The zero-order valence-electron chi connectivity index (χ0n) is 13.4. The Morgan fingerprint density at radius 2 is 2.21 bits per heavy atom. The topological polar surface area (TPSA) is 71.3 Å². The lowest BCUT2D eigenvalue weighted by Crippen LogP contribution is -2.33. The lowest BCUT2D eigenvalue weighted by atomic mass is 9.98. The van der Waals surface area contributed by atoms with E-state index in [4.69, 9.17) is 11.6 Å². The SMILES string of the molecule is CC1CCN(c2ccc(NCc3cnc(Cl)s3)cc2[N+](=O)[O-])CC1. The molecule has 0 saturated carbocycles. The van der Waals surface area contributed by atoms with Crippen LogP contribution in [0.4, 0.5) is 17.1 Å². The van der Waals surface area contributed by atoms with E-state index < -0.39 is 0 Å². The van der Waals surface area contributed by atoms with Crippen LogP contribution < -0.4 is 10.2 Å². The second-order valence-corrected chi connectivity index (χ2v) is 7.76. The maximum atomic E-state index is 11.5. The standard InChI is InChI=1S/C16H19ClN4O2S/c1-11-4-6-20(7-5-11)14-3-2-12(8-15(14)21(22)23)18-9-13-10-19-16(17)24-13/h2-3,8,10-11,18H,4-7,9H2,1H3. The molecule has 1 N–H and O–H groups in total. The zero-order valence-corrected chi connectivity index (χ0v) is 14.9. The third-order valence-corrected chi connectivity index (χ3v) is 5.40. The maximum absolute atomic E-state index is 11.5. The van der Waals surface area contributed by atoms with Gasteiger partial charge in [-0.15, -0.1) is 11.3 Å². The molecule has 1 aromatic carbocycles. The highest BCUT2D eigenvalue weighted by atomic mass is 35.5. The van der Waals surface area contributed by atoms with Gasteiger partial charge in [-0.2, -0.15) is 0 Å². The summed E-state index contributed by atoms with van der Waals surface area (Å²) in [6.07, 6.45) is 3.85. The predicted molar refractivity (Wildman–Crippen MR) is 98.2 cm³/mol. The number of benzene rings is 1. The van der Waals surface area contributed by atoms with Gasteiger partial charge in [0.25, 0.3) is 5.69 Å². The van der Waals surface area contributed by atoms with Crippen molar-refractivity contribution in [3.63, 3.8) is 0 Å². The summed E-state index contributed by atoms with van der Waals surface area (Å²) in [7, 11) is 0. The number of hydrogen-bond acceptors (Lipinski definition) is 6. The van der Waals surface area contributed by atoms with Gasteiger partial charge in [-0.25, -0.2) is 4.98 Å². The van der Waals surface area contributed by atoms with Crippen LogP contribution >= 0.6 is 22.9 Å². The molecule has 3 rings (SSSR count). The number of aromatic nitrogens is 1. The van der Waals surface area contributed by atoms with Gasteiger partial charge in [0.1, 0.15) is 5.69 Å². The minimum absolute atomic E-state index is 0.150. The van der Waals surface area contributed by atoms with Crippen LogP contribution in [0.2, 0.25) is 4.47 Å². The van der Waals surface area contributed by atoms with Crippen LogP contribution in [-0.2, 0) is 6.54 Å². The van der Waals surface area contributed by atoms with E-state index in [1.807, 2.05) is 12.1 Å². The molecule has 2 heterocycles.